The normalized spacial score (nSPS) is 8.50. The molecule has 2 nitrogen and oxygen atoms in total. The zero-order valence-corrected chi connectivity index (χ0v) is 9.23. The first-order chi connectivity index (χ1) is 7.77. The van der Waals surface area contributed by atoms with Gasteiger partial charge in [0.1, 0.15) is 0 Å². The molecule has 0 bridgehead atoms. The van der Waals surface area contributed by atoms with E-state index in [2.05, 4.69) is 17.8 Å². The molecule has 1 rings (SSSR count). The number of nitrogens with zero attached hydrogens (tertiary/aromatic N) is 1. The molecule has 0 aliphatic heterocycles. The van der Waals surface area contributed by atoms with Gasteiger partial charge in [0, 0.05) is 6.54 Å². The second-order valence-corrected chi connectivity index (χ2v) is 3.22. The Hall–Kier alpha value is -2.19. The van der Waals surface area contributed by atoms with E-state index >= 15 is 0 Å². The van der Waals surface area contributed by atoms with Gasteiger partial charge >= 0.3 is 0 Å². The van der Waals surface area contributed by atoms with Gasteiger partial charge in [-0.3, -0.25) is 4.79 Å². The number of carbonyl (C=O) groups excluding carboxylic acids is 1. The molecule has 0 aromatic heterocycles. The highest BCUT2D eigenvalue weighted by Crippen LogP contribution is 2.03. The van der Waals surface area contributed by atoms with E-state index in [1.165, 1.54) is 0 Å². The van der Waals surface area contributed by atoms with Gasteiger partial charge in [0.2, 0.25) is 0 Å². The monoisotopic (exact) mass is 211 g/mol. The molecule has 0 heterocycles. The molecular weight excluding hydrogens is 198 g/mol. The molecule has 2 heteroatoms. The fourth-order valence-electron chi connectivity index (χ4n) is 1.27. The molecular formula is C14H13NO. The Morgan fingerprint density at radius 3 is 2.62 bits per heavy atom. The standard InChI is InChI=1S/C14H13NO/c1-3-5-11-15(14(16)4-2)12-13-9-7-6-8-10-13/h2,6-10H,11-12H2,1H3. The topological polar surface area (TPSA) is 20.3 Å². The molecule has 0 saturated carbocycles. The second kappa shape index (κ2) is 6.32. The zero-order chi connectivity index (χ0) is 11.8. The van der Waals surface area contributed by atoms with Gasteiger partial charge in [0.15, 0.2) is 0 Å². The van der Waals surface area contributed by atoms with Crippen LogP contribution in [0.25, 0.3) is 0 Å². The summed E-state index contributed by atoms with van der Waals surface area (Å²) in [5.41, 5.74) is 1.05. The Morgan fingerprint density at radius 1 is 1.38 bits per heavy atom. The van der Waals surface area contributed by atoms with Crippen LogP contribution in [0.3, 0.4) is 0 Å². The molecule has 0 N–H and O–H groups in total. The minimum Gasteiger partial charge on any atom is -0.316 e. The largest absolute Gasteiger partial charge is 0.316 e. The van der Waals surface area contributed by atoms with Crippen molar-refractivity contribution in [2.24, 2.45) is 0 Å². The molecule has 0 unspecified atom stereocenters. The van der Waals surface area contributed by atoms with Crippen molar-refractivity contribution >= 4 is 5.91 Å². The number of terminal acetylenes is 1. The van der Waals surface area contributed by atoms with Gasteiger partial charge in [-0.05, 0) is 18.4 Å². The van der Waals surface area contributed by atoms with E-state index in [0.717, 1.165) is 5.56 Å². The second-order valence-electron chi connectivity index (χ2n) is 3.22. The smallest absolute Gasteiger partial charge is 0.299 e. The molecule has 16 heavy (non-hydrogen) atoms. The minimum atomic E-state index is -0.327. The van der Waals surface area contributed by atoms with Crippen LogP contribution in [0.15, 0.2) is 30.3 Å². The number of carbonyl (C=O) groups is 1. The average Bonchev–Trinajstić information content (AvgIpc) is 2.34. The van der Waals surface area contributed by atoms with Gasteiger partial charge in [-0.15, -0.1) is 12.3 Å². The minimum absolute atomic E-state index is 0.327. The number of hydrogen-bond donors (Lipinski definition) is 0. The molecule has 0 aliphatic rings. The molecule has 1 aromatic carbocycles. The van der Waals surface area contributed by atoms with Gasteiger partial charge < -0.3 is 4.90 Å². The molecule has 1 aromatic rings. The third-order valence-electron chi connectivity index (χ3n) is 2.07. The fraction of sp³-hybridized carbons (Fsp3) is 0.214. The third-order valence-corrected chi connectivity index (χ3v) is 2.07. The summed E-state index contributed by atoms with van der Waals surface area (Å²) in [4.78, 5) is 13.0. The van der Waals surface area contributed by atoms with Crippen LogP contribution in [0.1, 0.15) is 12.5 Å². The number of hydrogen-bond acceptors (Lipinski definition) is 1. The molecule has 80 valence electrons. The van der Waals surface area contributed by atoms with E-state index in [-0.39, 0.29) is 5.91 Å². The van der Waals surface area contributed by atoms with E-state index in [1.807, 2.05) is 30.3 Å². The Labute approximate surface area is 96.3 Å². The lowest BCUT2D eigenvalue weighted by Gasteiger charge is -2.17. The first-order valence-corrected chi connectivity index (χ1v) is 4.97. The quantitative estimate of drug-likeness (QED) is 0.696. The first-order valence-electron chi connectivity index (χ1n) is 4.97. The van der Waals surface area contributed by atoms with Crippen molar-refractivity contribution in [3.8, 4) is 24.2 Å². The first kappa shape index (κ1) is 11.9. The molecule has 0 saturated heterocycles. The molecule has 0 fully saturated rings. The van der Waals surface area contributed by atoms with Gasteiger partial charge in [-0.2, -0.15) is 0 Å². The van der Waals surface area contributed by atoms with Crippen LogP contribution in [0.4, 0.5) is 0 Å². The van der Waals surface area contributed by atoms with Crippen LogP contribution in [0, 0.1) is 24.2 Å². The van der Waals surface area contributed by atoms with E-state index < -0.39 is 0 Å². The predicted molar refractivity (Wildman–Crippen MR) is 64.1 cm³/mol. The highest BCUT2D eigenvalue weighted by molar-refractivity contribution is 5.93. The molecule has 1 amide bonds. The SMILES string of the molecule is C#CC(=O)N(CC#CC)Cc1ccccc1. The molecule has 0 spiro atoms. The highest BCUT2D eigenvalue weighted by Gasteiger charge is 2.09. The van der Waals surface area contributed by atoms with Crippen LogP contribution in [-0.2, 0) is 11.3 Å². The summed E-state index contributed by atoms with van der Waals surface area (Å²) in [6, 6.07) is 9.70. The third kappa shape index (κ3) is 3.52. The van der Waals surface area contributed by atoms with E-state index in [0.29, 0.717) is 13.1 Å². The predicted octanol–water partition coefficient (Wildman–Crippen LogP) is 1.67. The molecule has 0 aliphatic carbocycles. The lowest BCUT2D eigenvalue weighted by Crippen LogP contribution is -2.29. The summed E-state index contributed by atoms with van der Waals surface area (Å²) in [5.74, 6) is 7.38. The van der Waals surface area contributed by atoms with Crippen LogP contribution < -0.4 is 0 Å². The number of rotatable bonds is 3. The number of benzene rings is 1. The molecule has 0 atom stereocenters. The summed E-state index contributed by atoms with van der Waals surface area (Å²) >= 11 is 0. The molecule has 0 radical (unpaired) electrons. The summed E-state index contributed by atoms with van der Waals surface area (Å²) in [7, 11) is 0. The Balaban J connectivity index is 2.74. The summed E-state index contributed by atoms with van der Waals surface area (Å²) in [6.45, 7) is 2.61. The zero-order valence-electron chi connectivity index (χ0n) is 9.23. The summed E-state index contributed by atoms with van der Waals surface area (Å²) in [5, 5.41) is 0. The average molecular weight is 211 g/mol. The van der Waals surface area contributed by atoms with Crippen molar-refractivity contribution in [3.63, 3.8) is 0 Å². The van der Waals surface area contributed by atoms with Gasteiger partial charge in [0.25, 0.3) is 5.91 Å². The van der Waals surface area contributed by atoms with Crippen molar-refractivity contribution in [1.29, 1.82) is 0 Å². The fourth-order valence-corrected chi connectivity index (χ4v) is 1.27. The maximum absolute atomic E-state index is 11.4. The van der Waals surface area contributed by atoms with Crippen molar-refractivity contribution in [3.05, 3.63) is 35.9 Å². The van der Waals surface area contributed by atoms with Gasteiger partial charge in [-0.25, -0.2) is 0 Å². The van der Waals surface area contributed by atoms with Crippen LogP contribution in [-0.4, -0.2) is 17.4 Å². The maximum Gasteiger partial charge on any atom is 0.299 e. The van der Waals surface area contributed by atoms with E-state index in [4.69, 9.17) is 6.42 Å². The highest BCUT2D eigenvalue weighted by atomic mass is 16.2. The van der Waals surface area contributed by atoms with E-state index in [9.17, 15) is 4.79 Å². The maximum atomic E-state index is 11.4. The Morgan fingerprint density at radius 2 is 2.06 bits per heavy atom. The number of amides is 1. The van der Waals surface area contributed by atoms with Gasteiger partial charge in [-0.1, -0.05) is 36.3 Å². The lowest BCUT2D eigenvalue weighted by atomic mass is 10.2. The van der Waals surface area contributed by atoms with Crippen molar-refractivity contribution in [1.82, 2.24) is 4.90 Å². The summed E-state index contributed by atoms with van der Waals surface area (Å²) < 4.78 is 0. The van der Waals surface area contributed by atoms with Crippen molar-refractivity contribution in [2.45, 2.75) is 13.5 Å². The van der Waals surface area contributed by atoms with E-state index in [1.54, 1.807) is 11.8 Å². The summed E-state index contributed by atoms with van der Waals surface area (Å²) in [6.07, 6.45) is 5.11. The van der Waals surface area contributed by atoms with Crippen molar-refractivity contribution < 1.29 is 4.79 Å². The lowest BCUT2D eigenvalue weighted by molar-refractivity contribution is -0.125. The van der Waals surface area contributed by atoms with Gasteiger partial charge in [0.05, 0.1) is 6.54 Å². The van der Waals surface area contributed by atoms with Crippen LogP contribution in [0.2, 0.25) is 0 Å². The van der Waals surface area contributed by atoms with Crippen molar-refractivity contribution in [2.75, 3.05) is 6.54 Å². The van der Waals surface area contributed by atoms with Crippen LogP contribution >= 0.6 is 0 Å². The Bertz CT molecular complexity index is 445. The Kier molecular flexibility index (Phi) is 4.70. The van der Waals surface area contributed by atoms with Crippen LogP contribution in [0.5, 0.6) is 0 Å².